The number of aliphatic hydroxyl groups excluding tert-OH is 1. The van der Waals surface area contributed by atoms with E-state index in [-0.39, 0.29) is 6.61 Å². The van der Waals surface area contributed by atoms with Crippen molar-refractivity contribution >= 4 is 15.8 Å². The molecule has 1 aromatic heterocycles. The van der Waals surface area contributed by atoms with E-state index in [0.717, 1.165) is 26.2 Å². The number of aromatic nitrogens is 1. The summed E-state index contributed by atoms with van der Waals surface area (Å²) in [6.45, 7) is 6.33. The molecule has 0 aliphatic carbocycles. The molecule has 1 aromatic rings. The van der Waals surface area contributed by atoms with E-state index in [9.17, 15) is 8.42 Å². The van der Waals surface area contributed by atoms with Gasteiger partial charge >= 0.3 is 0 Å². The average molecular weight is 369 g/mol. The minimum absolute atomic E-state index is 0.145. The van der Waals surface area contributed by atoms with Crippen LogP contribution in [-0.2, 0) is 10.0 Å². The van der Waals surface area contributed by atoms with Gasteiger partial charge in [-0.15, -0.1) is 0 Å². The molecule has 0 amide bonds. The van der Waals surface area contributed by atoms with Gasteiger partial charge in [-0.1, -0.05) is 0 Å². The zero-order valence-corrected chi connectivity index (χ0v) is 15.5. The molecular weight excluding hydrogens is 342 g/mol. The zero-order valence-electron chi connectivity index (χ0n) is 14.7. The molecule has 2 aliphatic heterocycles. The smallest absolute Gasteiger partial charge is 0.246 e. The van der Waals surface area contributed by atoms with Crippen LogP contribution in [-0.4, -0.2) is 105 Å². The largest absolute Gasteiger partial charge is 0.395 e. The molecule has 9 heteroatoms. The van der Waals surface area contributed by atoms with E-state index >= 15 is 0 Å². The third-order valence-electron chi connectivity index (χ3n) is 4.92. The molecular formula is C16H27N5O3S. The van der Waals surface area contributed by atoms with Gasteiger partial charge in [-0.3, -0.25) is 4.90 Å². The van der Waals surface area contributed by atoms with Crippen molar-refractivity contribution in [2.75, 3.05) is 77.5 Å². The third kappa shape index (κ3) is 4.12. The summed E-state index contributed by atoms with van der Waals surface area (Å²) in [6, 6.07) is 3.35. The van der Waals surface area contributed by atoms with Gasteiger partial charge in [0, 0.05) is 65.1 Å². The van der Waals surface area contributed by atoms with Crippen molar-refractivity contribution in [2.24, 2.45) is 0 Å². The fraction of sp³-hybridized carbons (Fsp3) is 0.688. The van der Waals surface area contributed by atoms with Crippen LogP contribution in [0.15, 0.2) is 23.2 Å². The molecule has 8 nitrogen and oxygen atoms in total. The summed E-state index contributed by atoms with van der Waals surface area (Å²) < 4.78 is 27.8. The molecule has 1 N–H and O–H groups in total. The first kappa shape index (κ1) is 18.5. The van der Waals surface area contributed by atoms with E-state index in [1.807, 2.05) is 11.9 Å². The van der Waals surface area contributed by atoms with Crippen LogP contribution in [0.3, 0.4) is 0 Å². The fourth-order valence-corrected chi connectivity index (χ4v) is 4.90. The van der Waals surface area contributed by atoms with E-state index in [1.165, 1.54) is 0 Å². The SMILES string of the molecule is CN1CCN(S(=O)(=O)c2cccnc2N2CCN(CCO)CC2)CC1. The number of rotatable bonds is 5. The number of nitrogens with zero attached hydrogens (tertiary/aromatic N) is 5. The number of pyridine rings is 1. The number of hydrogen-bond acceptors (Lipinski definition) is 7. The Hall–Kier alpha value is -1.26. The first-order valence-corrected chi connectivity index (χ1v) is 10.2. The fourth-order valence-electron chi connectivity index (χ4n) is 3.31. The van der Waals surface area contributed by atoms with Crippen molar-refractivity contribution in [2.45, 2.75) is 4.90 Å². The molecule has 3 heterocycles. The van der Waals surface area contributed by atoms with Gasteiger partial charge in [-0.2, -0.15) is 4.31 Å². The summed E-state index contributed by atoms with van der Waals surface area (Å²) in [7, 11) is -1.54. The first-order valence-electron chi connectivity index (χ1n) is 8.74. The predicted octanol–water partition coefficient (Wildman–Crippen LogP) is -0.868. The molecule has 0 saturated carbocycles. The number of aliphatic hydroxyl groups is 1. The van der Waals surface area contributed by atoms with Crippen LogP contribution >= 0.6 is 0 Å². The van der Waals surface area contributed by atoms with Crippen molar-refractivity contribution < 1.29 is 13.5 Å². The summed E-state index contributed by atoms with van der Waals surface area (Å²) in [5, 5.41) is 9.06. The van der Waals surface area contributed by atoms with Crippen LogP contribution in [0.25, 0.3) is 0 Å². The zero-order chi connectivity index (χ0) is 17.9. The van der Waals surface area contributed by atoms with Crippen molar-refractivity contribution in [1.82, 2.24) is 19.1 Å². The second-order valence-electron chi connectivity index (χ2n) is 6.58. The number of piperazine rings is 2. The Kier molecular flexibility index (Phi) is 5.90. The standard InChI is InChI=1S/C16H27N5O3S/c1-18-5-11-21(12-6-18)25(23,24)15-3-2-4-17-16(15)20-9-7-19(8-10-20)13-14-22/h2-4,22H,5-14H2,1H3. The minimum atomic E-state index is -3.54. The van der Waals surface area contributed by atoms with E-state index < -0.39 is 10.0 Å². The average Bonchev–Trinajstić information content (AvgIpc) is 2.63. The molecule has 140 valence electrons. The van der Waals surface area contributed by atoms with Gasteiger partial charge in [0.15, 0.2) is 0 Å². The maximum atomic E-state index is 13.1. The molecule has 0 spiro atoms. The van der Waals surface area contributed by atoms with E-state index in [1.54, 1.807) is 22.6 Å². The van der Waals surface area contributed by atoms with Crippen molar-refractivity contribution in [3.8, 4) is 0 Å². The Morgan fingerprint density at radius 3 is 2.40 bits per heavy atom. The number of likely N-dealkylation sites (N-methyl/N-ethyl adjacent to an activating group) is 1. The number of anilines is 1. The highest BCUT2D eigenvalue weighted by Gasteiger charge is 2.32. The molecule has 3 rings (SSSR count). The minimum Gasteiger partial charge on any atom is -0.395 e. The number of hydrogen-bond donors (Lipinski definition) is 1. The summed E-state index contributed by atoms with van der Waals surface area (Å²) in [5.74, 6) is 0.546. The maximum absolute atomic E-state index is 13.1. The van der Waals surface area contributed by atoms with Gasteiger partial charge in [-0.05, 0) is 19.2 Å². The van der Waals surface area contributed by atoms with Gasteiger partial charge in [0.1, 0.15) is 10.7 Å². The Labute approximate surface area is 149 Å². The first-order chi connectivity index (χ1) is 12.0. The Morgan fingerprint density at radius 2 is 1.76 bits per heavy atom. The van der Waals surface area contributed by atoms with Crippen LogP contribution in [0.2, 0.25) is 0 Å². The van der Waals surface area contributed by atoms with Gasteiger partial charge in [0.05, 0.1) is 6.61 Å². The van der Waals surface area contributed by atoms with Crippen molar-refractivity contribution in [3.05, 3.63) is 18.3 Å². The van der Waals surface area contributed by atoms with E-state index in [4.69, 9.17) is 5.11 Å². The monoisotopic (exact) mass is 369 g/mol. The van der Waals surface area contributed by atoms with Crippen molar-refractivity contribution in [1.29, 1.82) is 0 Å². The highest BCUT2D eigenvalue weighted by Crippen LogP contribution is 2.27. The maximum Gasteiger partial charge on any atom is 0.246 e. The van der Waals surface area contributed by atoms with Crippen LogP contribution in [0.4, 0.5) is 5.82 Å². The molecule has 2 fully saturated rings. The number of sulfonamides is 1. The lowest BCUT2D eigenvalue weighted by Crippen LogP contribution is -2.49. The lowest BCUT2D eigenvalue weighted by atomic mass is 10.3. The summed E-state index contributed by atoms with van der Waals surface area (Å²) in [6.07, 6.45) is 1.65. The van der Waals surface area contributed by atoms with Gasteiger partial charge in [0.2, 0.25) is 10.0 Å². The van der Waals surface area contributed by atoms with Crippen molar-refractivity contribution in [3.63, 3.8) is 0 Å². The molecule has 2 saturated heterocycles. The summed E-state index contributed by atoms with van der Waals surface area (Å²) >= 11 is 0. The Balaban J connectivity index is 1.79. The van der Waals surface area contributed by atoms with Crippen LogP contribution in [0.1, 0.15) is 0 Å². The lowest BCUT2D eigenvalue weighted by molar-refractivity contribution is 0.188. The molecule has 0 unspecified atom stereocenters. The second-order valence-corrected chi connectivity index (χ2v) is 8.49. The normalized spacial score (nSPS) is 21.6. The second kappa shape index (κ2) is 7.96. The Bertz CT molecular complexity index is 668. The molecule has 2 aliphatic rings. The predicted molar refractivity (Wildman–Crippen MR) is 96.2 cm³/mol. The summed E-state index contributed by atoms with van der Waals surface area (Å²) in [5.41, 5.74) is 0. The molecule has 0 bridgehead atoms. The Morgan fingerprint density at radius 1 is 1.08 bits per heavy atom. The van der Waals surface area contributed by atoms with Crippen LogP contribution in [0, 0.1) is 0 Å². The third-order valence-corrected chi connectivity index (χ3v) is 6.84. The van der Waals surface area contributed by atoms with Crippen LogP contribution in [0.5, 0.6) is 0 Å². The topological polar surface area (TPSA) is 80.2 Å². The van der Waals surface area contributed by atoms with Gasteiger partial charge < -0.3 is 14.9 Å². The van der Waals surface area contributed by atoms with E-state index in [2.05, 4.69) is 14.8 Å². The van der Waals surface area contributed by atoms with Crippen LogP contribution < -0.4 is 4.90 Å². The van der Waals surface area contributed by atoms with Gasteiger partial charge in [-0.25, -0.2) is 13.4 Å². The lowest BCUT2D eigenvalue weighted by Gasteiger charge is -2.36. The van der Waals surface area contributed by atoms with E-state index in [0.29, 0.717) is 43.4 Å². The highest BCUT2D eigenvalue weighted by atomic mass is 32.2. The molecule has 0 radical (unpaired) electrons. The summed E-state index contributed by atoms with van der Waals surface area (Å²) in [4.78, 5) is 11.0. The number of β-amino-alcohol motifs (C(OH)–C–C–N with tert-alkyl or cyclic N) is 1. The highest BCUT2D eigenvalue weighted by molar-refractivity contribution is 7.89. The van der Waals surface area contributed by atoms with Gasteiger partial charge in [0.25, 0.3) is 0 Å². The molecule has 0 atom stereocenters. The molecule has 0 aromatic carbocycles. The molecule has 25 heavy (non-hydrogen) atoms. The quantitative estimate of drug-likeness (QED) is 0.723.